The largest absolute Gasteiger partial charge is 0.484 e. The Labute approximate surface area is 184 Å². The van der Waals surface area contributed by atoms with E-state index in [1.165, 1.54) is 11.8 Å². The first-order chi connectivity index (χ1) is 14.3. The summed E-state index contributed by atoms with van der Waals surface area (Å²) < 4.78 is 31.0. The summed E-state index contributed by atoms with van der Waals surface area (Å²) >= 11 is 7.47. The second-order valence-corrected chi connectivity index (χ2v) is 11.5. The zero-order valence-corrected chi connectivity index (χ0v) is 18.8. The molecular weight excluding hydrogens is 448 g/mol. The van der Waals surface area contributed by atoms with Crippen LogP contribution in [0.4, 0.5) is 0 Å². The third-order valence-electron chi connectivity index (χ3n) is 5.07. The molecule has 1 N–H and O–H groups in total. The molecule has 1 aromatic heterocycles. The summed E-state index contributed by atoms with van der Waals surface area (Å²) in [7, 11) is -3.04. The lowest BCUT2D eigenvalue weighted by Crippen LogP contribution is -2.40. The lowest BCUT2D eigenvalue weighted by atomic mass is 10.2. The molecule has 1 saturated heterocycles. The number of sulfone groups is 1. The summed E-state index contributed by atoms with van der Waals surface area (Å²) in [6.07, 6.45) is 2.53. The van der Waals surface area contributed by atoms with Gasteiger partial charge in [-0.1, -0.05) is 35.5 Å². The number of thioether (sulfide) groups is 1. The number of nitrogens with one attached hydrogen (secondary N) is 1. The molecule has 11 heteroatoms. The van der Waals surface area contributed by atoms with E-state index in [0.717, 1.165) is 12.8 Å². The summed E-state index contributed by atoms with van der Waals surface area (Å²) in [5.41, 5.74) is 0. The number of amides is 1. The number of carbonyl (C=O) groups is 1. The Hall–Kier alpha value is -1.78. The molecule has 0 radical (unpaired) electrons. The van der Waals surface area contributed by atoms with Crippen molar-refractivity contribution in [3.8, 4) is 5.75 Å². The third-order valence-corrected chi connectivity index (χ3v) is 8.21. The highest BCUT2D eigenvalue weighted by Gasteiger charge is 2.33. The molecule has 1 saturated carbocycles. The maximum Gasteiger partial charge on any atom is 0.233 e. The van der Waals surface area contributed by atoms with Crippen LogP contribution in [0.5, 0.6) is 5.75 Å². The van der Waals surface area contributed by atoms with Gasteiger partial charge in [-0.3, -0.25) is 9.36 Å². The topological polar surface area (TPSA) is 103 Å². The number of para-hydroxylation sites is 1. The van der Waals surface area contributed by atoms with Gasteiger partial charge in [0.15, 0.2) is 20.8 Å². The van der Waals surface area contributed by atoms with E-state index in [1.54, 1.807) is 19.1 Å². The Bertz CT molecular complexity index is 1040. The average molecular weight is 471 g/mol. The monoisotopic (exact) mass is 470 g/mol. The van der Waals surface area contributed by atoms with Crippen molar-refractivity contribution in [3.63, 3.8) is 0 Å². The zero-order valence-electron chi connectivity index (χ0n) is 16.5. The van der Waals surface area contributed by atoms with E-state index in [0.29, 0.717) is 34.2 Å². The van der Waals surface area contributed by atoms with E-state index in [9.17, 15) is 13.2 Å². The van der Waals surface area contributed by atoms with Crippen molar-refractivity contribution >= 4 is 39.1 Å². The molecule has 2 heterocycles. The fourth-order valence-electron chi connectivity index (χ4n) is 3.33. The van der Waals surface area contributed by atoms with Crippen LogP contribution in [0.1, 0.15) is 38.1 Å². The Balaban J connectivity index is 1.40. The van der Waals surface area contributed by atoms with E-state index in [2.05, 4.69) is 15.5 Å². The van der Waals surface area contributed by atoms with Crippen LogP contribution < -0.4 is 10.1 Å². The number of carbonyl (C=O) groups excluding carboxylic acids is 1. The minimum Gasteiger partial charge on any atom is -0.484 e. The summed E-state index contributed by atoms with van der Waals surface area (Å²) in [5.74, 6) is 1.22. The molecule has 0 unspecified atom stereocenters. The molecule has 2 aromatic rings. The Morgan fingerprint density at radius 1 is 1.33 bits per heavy atom. The number of rotatable bonds is 8. The Kier molecular flexibility index (Phi) is 6.26. The highest BCUT2D eigenvalue weighted by molar-refractivity contribution is 8.00. The van der Waals surface area contributed by atoms with Gasteiger partial charge in [-0.2, -0.15) is 0 Å². The molecule has 0 spiro atoms. The molecule has 1 amide bonds. The van der Waals surface area contributed by atoms with E-state index in [4.69, 9.17) is 16.3 Å². The van der Waals surface area contributed by atoms with Crippen molar-refractivity contribution in [2.45, 2.75) is 55.3 Å². The summed E-state index contributed by atoms with van der Waals surface area (Å²) in [4.78, 5) is 12.5. The van der Waals surface area contributed by atoms with Crippen LogP contribution in [0.15, 0.2) is 29.4 Å². The van der Waals surface area contributed by atoms with E-state index in [1.807, 2.05) is 16.7 Å². The number of halogens is 1. The molecule has 0 bridgehead atoms. The van der Waals surface area contributed by atoms with Crippen LogP contribution in [-0.2, 0) is 21.2 Å². The lowest BCUT2D eigenvalue weighted by Gasteiger charge is -2.16. The summed E-state index contributed by atoms with van der Waals surface area (Å²) in [5, 5.41) is 12.2. The maximum atomic E-state index is 12.5. The zero-order chi connectivity index (χ0) is 21.3. The van der Waals surface area contributed by atoms with Gasteiger partial charge in [0.1, 0.15) is 12.4 Å². The molecule has 1 aliphatic carbocycles. The van der Waals surface area contributed by atoms with Gasteiger partial charge in [-0.05, 0) is 38.3 Å². The fraction of sp³-hybridized carbons (Fsp3) is 0.526. The van der Waals surface area contributed by atoms with Crippen molar-refractivity contribution in [3.05, 3.63) is 35.1 Å². The number of benzene rings is 1. The van der Waals surface area contributed by atoms with Gasteiger partial charge in [0.2, 0.25) is 5.91 Å². The SMILES string of the molecule is C[C@@H](Sc1nnc(COc2ccccc2Cl)n1C1CC1)C(=O)N[C@H]1CCS(=O)(=O)C1. The van der Waals surface area contributed by atoms with Gasteiger partial charge in [-0.25, -0.2) is 8.42 Å². The predicted octanol–water partition coefficient (Wildman–Crippen LogP) is 2.63. The molecule has 8 nitrogen and oxygen atoms in total. The van der Waals surface area contributed by atoms with Crippen LogP contribution in [0.2, 0.25) is 5.02 Å². The van der Waals surface area contributed by atoms with Crippen LogP contribution in [0.3, 0.4) is 0 Å². The van der Waals surface area contributed by atoms with Gasteiger partial charge in [-0.15, -0.1) is 10.2 Å². The molecule has 2 fully saturated rings. The summed E-state index contributed by atoms with van der Waals surface area (Å²) in [6.45, 7) is 2.02. The van der Waals surface area contributed by atoms with Crippen molar-refractivity contribution in [1.29, 1.82) is 0 Å². The molecular formula is C19H23ClN4O4S2. The normalized spacial score (nSPS) is 21.3. The Morgan fingerprint density at radius 3 is 2.77 bits per heavy atom. The van der Waals surface area contributed by atoms with Crippen LogP contribution in [-0.4, -0.2) is 51.9 Å². The second kappa shape index (κ2) is 8.76. The highest BCUT2D eigenvalue weighted by Crippen LogP contribution is 2.39. The molecule has 2 atom stereocenters. The van der Waals surface area contributed by atoms with Crippen molar-refractivity contribution < 1.29 is 17.9 Å². The first-order valence-electron chi connectivity index (χ1n) is 9.81. The standard InChI is InChI=1S/C19H23ClN4O4S2/c1-12(18(25)21-13-8-9-30(26,27)11-13)29-19-23-22-17(24(19)14-6-7-14)10-28-16-5-3-2-4-15(16)20/h2-5,12-14H,6-11H2,1H3,(H,21,25)/t12-,13+/m1/s1. The molecule has 2 aliphatic rings. The molecule has 4 rings (SSSR count). The minimum atomic E-state index is -3.04. The highest BCUT2D eigenvalue weighted by atomic mass is 35.5. The predicted molar refractivity (Wildman–Crippen MR) is 115 cm³/mol. The van der Waals surface area contributed by atoms with Crippen molar-refractivity contribution in [2.75, 3.05) is 11.5 Å². The quantitative estimate of drug-likeness (QED) is 0.591. The number of hydrogen-bond acceptors (Lipinski definition) is 7. The number of nitrogens with zero attached hydrogens (tertiary/aromatic N) is 3. The third kappa shape index (κ3) is 5.09. The maximum absolute atomic E-state index is 12.5. The number of aromatic nitrogens is 3. The molecule has 1 aliphatic heterocycles. The van der Waals surface area contributed by atoms with Gasteiger partial charge < -0.3 is 10.1 Å². The fourth-order valence-corrected chi connectivity index (χ4v) is 6.14. The van der Waals surface area contributed by atoms with Crippen LogP contribution >= 0.6 is 23.4 Å². The first kappa shape index (κ1) is 21.5. The molecule has 1 aromatic carbocycles. The van der Waals surface area contributed by atoms with Gasteiger partial charge in [0.05, 0.1) is 21.8 Å². The minimum absolute atomic E-state index is 0.0118. The van der Waals surface area contributed by atoms with Gasteiger partial charge >= 0.3 is 0 Å². The lowest BCUT2D eigenvalue weighted by molar-refractivity contribution is -0.120. The smallest absolute Gasteiger partial charge is 0.233 e. The first-order valence-corrected chi connectivity index (χ1v) is 12.9. The van der Waals surface area contributed by atoms with E-state index < -0.39 is 15.1 Å². The second-order valence-electron chi connectivity index (χ2n) is 7.59. The van der Waals surface area contributed by atoms with Gasteiger partial charge in [0.25, 0.3) is 0 Å². The number of hydrogen-bond donors (Lipinski definition) is 1. The Morgan fingerprint density at radius 2 is 2.10 bits per heavy atom. The van der Waals surface area contributed by atoms with Crippen LogP contribution in [0, 0.1) is 0 Å². The number of ether oxygens (including phenoxy) is 1. The van der Waals surface area contributed by atoms with Gasteiger partial charge in [0, 0.05) is 12.1 Å². The molecule has 162 valence electrons. The molecule has 30 heavy (non-hydrogen) atoms. The summed E-state index contributed by atoms with van der Waals surface area (Å²) in [6, 6.07) is 7.24. The average Bonchev–Trinajstić information content (AvgIpc) is 3.37. The van der Waals surface area contributed by atoms with Crippen molar-refractivity contribution in [1.82, 2.24) is 20.1 Å². The van der Waals surface area contributed by atoms with E-state index >= 15 is 0 Å². The van der Waals surface area contributed by atoms with Crippen molar-refractivity contribution in [2.24, 2.45) is 0 Å². The van der Waals surface area contributed by atoms with E-state index in [-0.39, 0.29) is 30.1 Å². The van der Waals surface area contributed by atoms with Crippen LogP contribution in [0.25, 0.3) is 0 Å².